The molecule has 0 aromatic heterocycles. The van der Waals surface area contributed by atoms with Crippen molar-refractivity contribution in [2.24, 2.45) is 0 Å². The van der Waals surface area contributed by atoms with Crippen molar-refractivity contribution in [3.05, 3.63) is 35.6 Å². The average Bonchev–Trinajstić information content (AvgIpc) is 2.68. The minimum Gasteiger partial charge on any atom is -0.392 e. The van der Waals surface area contributed by atoms with Crippen LogP contribution in [0.15, 0.2) is 24.3 Å². The first kappa shape index (κ1) is 12.0. The molecule has 2 unspecified atom stereocenters. The first-order valence-corrected chi connectivity index (χ1v) is 5.75. The molecular weight excluding hydrogens is 219 g/mol. The van der Waals surface area contributed by atoms with Crippen LogP contribution in [0.25, 0.3) is 0 Å². The van der Waals surface area contributed by atoms with E-state index < -0.39 is 0 Å². The second-order valence-corrected chi connectivity index (χ2v) is 4.36. The highest BCUT2D eigenvalue weighted by atomic mass is 19.1. The molecule has 0 saturated carbocycles. The van der Waals surface area contributed by atoms with E-state index in [1.165, 1.54) is 12.1 Å². The molecule has 0 aliphatic carbocycles. The van der Waals surface area contributed by atoms with Gasteiger partial charge in [-0.1, -0.05) is 12.1 Å². The summed E-state index contributed by atoms with van der Waals surface area (Å²) in [5.74, 6) is -0.260. The first-order chi connectivity index (χ1) is 8.20. The summed E-state index contributed by atoms with van der Waals surface area (Å²) in [6, 6.07) is 8.58. The molecular formula is C13H15FN2O. The summed E-state index contributed by atoms with van der Waals surface area (Å²) < 4.78 is 13.2. The molecule has 2 atom stereocenters. The summed E-state index contributed by atoms with van der Waals surface area (Å²) in [4.78, 5) is 2.04. The smallest absolute Gasteiger partial charge is 0.123 e. The maximum atomic E-state index is 13.2. The van der Waals surface area contributed by atoms with Gasteiger partial charge in [0, 0.05) is 25.6 Å². The standard InChI is InChI=1S/C13H15FN2O/c14-11-4-1-3-10(7-11)13-8-12(17)9-16(13)6-2-5-15/h1,3-4,7,12-13,17H,2,6,8-9H2. The van der Waals surface area contributed by atoms with Crippen LogP contribution in [-0.4, -0.2) is 29.2 Å². The van der Waals surface area contributed by atoms with Crippen LogP contribution in [-0.2, 0) is 0 Å². The van der Waals surface area contributed by atoms with Gasteiger partial charge in [-0.2, -0.15) is 5.26 Å². The Hall–Kier alpha value is -1.44. The zero-order valence-electron chi connectivity index (χ0n) is 9.51. The van der Waals surface area contributed by atoms with E-state index in [0.717, 1.165) is 5.56 Å². The zero-order valence-corrected chi connectivity index (χ0v) is 9.51. The number of hydrogen-bond acceptors (Lipinski definition) is 3. The number of rotatable bonds is 3. The summed E-state index contributed by atoms with van der Waals surface area (Å²) in [6.07, 6.45) is 0.648. The Balaban J connectivity index is 2.15. The topological polar surface area (TPSA) is 47.3 Å². The summed E-state index contributed by atoms with van der Waals surface area (Å²) >= 11 is 0. The van der Waals surface area contributed by atoms with Gasteiger partial charge in [-0.05, 0) is 24.1 Å². The van der Waals surface area contributed by atoms with Gasteiger partial charge < -0.3 is 5.11 Å². The van der Waals surface area contributed by atoms with Gasteiger partial charge in [-0.25, -0.2) is 4.39 Å². The molecule has 4 heteroatoms. The lowest BCUT2D eigenvalue weighted by Crippen LogP contribution is -2.25. The SMILES string of the molecule is N#CCCN1CC(O)CC1c1cccc(F)c1. The molecule has 1 N–H and O–H groups in total. The van der Waals surface area contributed by atoms with E-state index in [1.54, 1.807) is 6.07 Å². The Morgan fingerprint density at radius 1 is 1.53 bits per heavy atom. The lowest BCUT2D eigenvalue weighted by Gasteiger charge is -2.23. The molecule has 1 saturated heterocycles. The molecule has 1 aliphatic heterocycles. The highest BCUT2D eigenvalue weighted by Crippen LogP contribution is 2.32. The summed E-state index contributed by atoms with van der Waals surface area (Å²) in [5, 5.41) is 18.3. The van der Waals surface area contributed by atoms with Crippen molar-refractivity contribution >= 4 is 0 Å². The number of nitriles is 1. The molecule has 1 aliphatic rings. The number of β-amino-alcohol motifs (C(OH)–C–C–N with tert-alkyl or cyclic N) is 1. The van der Waals surface area contributed by atoms with Crippen LogP contribution in [0.1, 0.15) is 24.4 Å². The van der Waals surface area contributed by atoms with E-state index in [1.807, 2.05) is 11.0 Å². The molecule has 90 valence electrons. The number of halogens is 1. The van der Waals surface area contributed by atoms with Crippen LogP contribution in [0.4, 0.5) is 4.39 Å². The highest BCUT2D eigenvalue weighted by Gasteiger charge is 2.31. The number of nitrogens with zero attached hydrogens (tertiary/aromatic N) is 2. The molecule has 1 aromatic rings. The van der Waals surface area contributed by atoms with E-state index >= 15 is 0 Å². The van der Waals surface area contributed by atoms with Crippen LogP contribution in [0.3, 0.4) is 0 Å². The molecule has 0 radical (unpaired) electrons. The Morgan fingerprint density at radius 2 is 2.35 bits per heavy atom. The lowest BCUT2D eigenvalue weighted by atomic mass is 10.0. The molecule has 1 aromatic carbocycles. The van der Waals surface area contributed by atoms with Crippen molar-refractivity contribution in [1.82, 2.24) is 4.90 Å². The molecule has 3 nitrogen and oxygen atoms in total. The van der Waals surface area contributed by atoms with Crippen molar-refractivity contribution in [2.75, 3.05) is 13.1 Å². The van der Waals surface area contributed by atoms with Crippen LogP contribution >= 0.6 is 0 Å². The maximum absolute atomic E-state index is 13.2. The summed E-state index contributed by atoms with van der Waals surface area (Å²) in [5.41, 5.74) is 0.875. The molecule has 0 amide bonds. The number of aliphatic hydroxyl groups excluding tert-OH is 1. The Kier molecular flexibility index (Phi) is 3.72. The molecule has 1 heterocycles. The Morgan fingerprint density at radius 3 is 3.06 bits per heavy atom. The third-order valence-corrected chi connectivity index (χ3v) is 3.13. The van der Waals surface area contributed by atoms with Crippen molar-refractivity contribution in [3.8, 4) is 6.07 Å². The van der Waals surface area contributed by atoms with Crippen molar-refractivity contribution in [1.29, 1.82) is 5.26 Å². The van der Waals surface area contributed by atoms with Gasteiger partial charge in [0.1, 0.15) is 5.82 Å². The van der Waals surface area contributed by atoms with E-state index in [2.05, 4.69) is 6.07 Å². The number of aliphatic hydroxyl groups is 1. The third-order valence-electron chi connectivity index (χ3n) is 3.13. The van der Waals surface area contributed by atoms with Gasteiger partial charge in [0.2, 0.25) is 0 Å². The number of likely N-dealkylation sites (tertiary alicyclic amines) is 1. The fraction of sp³-hybridized carbons (Fsp3) is 0.462. The molecule has 0 spiro atoms. The molecule has 1 fully saturated rings. The van der Waals surface area contributed by atoms with Crippen molar-refractivity contribution in [2.45, 2.75) is 25.0 Å². The van der Waals surface area contributed by atoms with E-state index in [-0.39, 0.29) is 18.0 Å². The molecule has 0 bridgehead atoms. The fourth-order valence-electron chi connectivity index (χ4n) is 2.38. The second kappa shape index (κ2) is 5.26. The van der Waals surface area contributed by atoms with E-state index in [9.17, 15) is 9.50 Å². The monoisotopic (exact) mass is 234 g/mol. The fourth-order valence-corrected chi connectivity index (χ4v) is 2.38. The van der Waals surface area contributed by atoms with Crippen LogP contribution in [0.5, 0.6) is 0 Å². The predicted octanol–water partition coefficient (Wildman–Crippen LogP) is 1.85. The quantitative estimate of drug-likeness (QED) is 0.868. The zero-order chi connectivity index (χ0) is 12.3. The van der Waals surface area contributed by atoms with Crippen LogP contribution < -0.4 is 0 Å². The lowest BCUT2D eigenvalue weighted by molar-refractivity contribution is 0.176. The van der Waals surface area contributed by atoms with Gasteiger partial charge in [0.05, 0.1) is 12.2 Å². The minimum absolute atomic E-state index is 0.0223. The molecule has 2 rings (SSSR count). The van der Waals surface area contributed by atoms with Gasteiger partial charge in [0.25, 0.3) is 0 Å². The van der Waals surface area contributed by atoms with Gasteiger partial charge in [-0.3, -0.25) is 4.90 Å². The predicted molar refractivity (Wildman–Crippen MR) is 61.6 cm³/mol. The third kappa shape index (κ3) is 2.82. The number of benzene rings is 1. The maximum Gasteiger partial charge on any atom is 0.123 e. The molecule has 17 heavy (non-hydrogen) atoms. The van der Waals surface area contributed by atoms with E-state index in [0.29, 0.717) is 25.9 Å². The normalized spacial score (nSPS) is 24.8. The average molecular weight is 234 g/mol. The van der Waals surface area contributed by atoms with Gasteiger partial charge in [0.15, 0.2) is 0 Å². The van der Waals surface area contributed by atoms with Crippen LogP contribution in [0.2, 0.25) is 0 Å². The van der Waals surface area contributed by atoms with E-state index in [4.69, 9.17) is 5.26 Å². The minimum atomic E-state index is -0.387. The summed E-state index contributed by atoms with van der Waals surface area (Å²) in [6.45, 7) is 1.18. The van der Waals surface area contributed by atoms with Crippen molar-refractivity contribution < 1.29 is 9.50 Å². The van der Waals surface area contributed by atoms with Gasteiger partial charge in [-0.15, -0.1) is 0 Å². The Labute approximate surface area is 100 Å². The second-order valence-electron chi connectivity index (χ2n) is 4.36. The summed E-state index contributed by atoms with van der Waals surface area (Å²) in [7, 11) is 0. The highest BCUT2D eigenvalue weighted by molar-refractivity contribution is 5.21. The first-order valence-electron chi connectivity index (χ1n) is 5.75. The number of hydrogen-bond donors (Lipinski definition) is 1. The largest absolute Gasteiger partial charge is 0.392 e. The van der Waals surface area contributed by atoms with Crippen molar-refractivity contribution in [3.63, 3.8) is 0 Å². The van der Waals surface area contributed by atoms with Gasteiger partial charge >= 0.3 is 0 Å². The Bertz CT molecular complexity index is 430. The van der Waals surface area contributed by atoms with Crippen LogP contribution in [0, 0.1) is 17.1 Å².